The van der Waals surface area contributed by atoms with Crippen LogP contribution in [0.3, 0.4) is 0 Å². The Labute approximate surface area is 174 Å². The highest BCUT2D eigenvalue weighted by molar-refractivity contribution is 6.34. The third kappa shape index (κ3) is 3.80. The zero-order valence-corrected chi connectivity index (χ0v) is 17.4. The molecular formula is C19H25Cl2N5O2. The number of rotatable bonds is 5. The van der Waals surface area contributed by atoms with Crippen LogP contribution in [0.5, 0.6) is 0 Å². The maximum absolute atomic E-state index is 12.8. The van der Waals surface area contributed by atoms with Gasteiger partial charge in [-0.3, -0.25) is 14.9 Å². The third-order valence-corrected chi connectivity index (χ3v) is 6.50. The minimum atomic E-state index is -0.551. The van der Waals surface area contributed by atoms with E-state index >= 15 is 0 Å². The lowest BCUT2D eigenvalue weighted by atomic mass is 9.87. The van der Waals surface area contributed by atoms with Gasteiger partial charge >= 0.3 is 0 Å². The molecule has 1 aliphatic carbocycles. The smallest absolute Gasteiger partial charge is 0.241 e. The first kappa shape index (κ1) is 19.7. The summed E-state index contributed by atoms with van der Waals surface area (Å²) in [5.74, 6) is 1.24. The van der Waals surface area contributed by atoms with Crippen molar-refractivity contribution in [3.8, 4) is 0 Å². The number of carbonyl (C=O) groups is 2. The van der Waals surface area contributed by atoms with E-state index in [-0.39, 0.29) is 17.9 Å². The normalized spacial score (nSPS) is 27.8. The molecule has 4 rings (SSSR count). The lowest BCUT2D eigenvalue weighted by Crippen LogP contribution is -2.55. The summed E-state index contributed by atoms with van der Waals surface area (Å²) in [6.45, 7) is 4.46. The van der Waals surface area contributed by atoms with Gasteiger partial charge in [-0.05, 0) is 44.2 Å². The summed E-state index contributed by atoms with van der Waals surface area (Å²) in [6.07, 6.45) is 3.05. The van der Waals surface area contributed by atoms with E-state index in [4.69, 9.17) is 23.2 Å². The highest BCUT2D eigenvalue weighted by atomic mass is 35.5. The average molecular weight is 426 g/mol. The van der Waals surface area contributed by atoms with Crippen LogP contribution in [-0.4, -0.2) is 59.6 Å². The highest BCUT2D eigenvalue weighted by Gasteiger charge is 2.53. The molecule has 1 aromatic rings. The molecular weight excluding hydrogens is 401 g/mol. The number of aromatic nitrogens is 1. The van der Waals surface area contributed by atoms with Gasteiger partial charge in [0.15, 0.2) is 0 Å². The molecule has 2 saturated heterocycles. The number of amides is 2. The number of hydrogen-bond donors (Lipinski definition) is 2. The van der Waals surface area contributed by atoms with E-state index in [1.54, 1.807) is 12.1 Å². The second kappa shape index (κ2) is 7.69. The number of pyridine rings is 1. The van der Waals surface area contributed by atoms with Gasteiger partial charge in [-0.15, -0.1) is 0 Å². The number of carbonyl (C=O) groups excluding carboxylic acids is 2. The van der Waals surface area contributed by atoms with Gasteiger partial charge in [-0.1, -0.05) is 23.2 Å². The molecule has 7 nitrogen and oxygen atoms in total. The number of nitrogens with zero attached hydrogens (tertiary/aromatic N) is 3. The molecule has 3 fully saturated rings. The monoisotopic (exact) mass is 425 g/mol. The Balaban J connectivity index is 1.36. The number of nitrogens with one attached hydrogen (secondary N) is 2. The lowest BCUT2D eigenvalue weighted by molar-refractivity contribution is -0.133. The van der Waals surface area contributed by atoms with Crippen LogP contribution in [0.4, 0.5) is 5.82 Å². The van der Waals surface area contributed by atoms with Crippen LogP contribution in [0.2, 0.25) is 10.2 Å². The van der Waals surface area contributed by atoms with Crippen LogP contribution in [-0.2, 0) is 9.59 Å². The molecule has 2 N–H and O–H groups in total. The Morgan fingerprint density at radius 3 is 2.71 bits per heavy atom. The van der Waals surface area contributed by atoms with Gasteiger partial charge in [-0.2, -0.15) is 0 Å². The largest absolute Gasteiger partial charge is 0.350 e. The number of halogens is 2. The minimum absolute atomic E-state index is 0.0462. The van der Waals surface area contributed by atoms with Crippen LogP contribution in [0.15, 0.2) is 12.1 Å². The Kier molecular flexibility index (Phi) is 5.42. The number of anilines is 1. The molecule has 0 bridgehead atoms. The fraction of sp³-hybridized carbons (Fsp3) is 0.632. The van der Waals surface area contributed by atoms with Crippen LogP contribution in [0, 0.1) is 5.92 Å². The molecule has 28 heavy (non-hydrogen) atoms. The van der Waals surface area contributed by atoms with E-state index in [1.807, 2.05) is 4.90 Å². The lowest BCUT2D eigenvalue weighted by Gasteiger charge is -2.41. The van der Waals surface area contributed by atoms with Crippen molar-refractivity contribution in [2.75, 3.05) is 31.2 Å². The predicted octanol–water partition coefficient (Wildman–Crippen LogP) is 2.03. The topological polar surface area (TPSA) is 77.6 Å². The molecule has 1 unspecified atom stereocenters. The van der Waals surface area contributed by atoms with Crippen LogP contribution < -0.4 is 15.5 Å². The van der Waals surface area contributed by atoms with E-state index in [0.717, 1.165) is 18.7 Å². The molecule has 3 aliphatic rings. The van der Waals surface area contributed by atoms with Crippen LogP contribution in [0.1, 0.15) is 32.6 Å². The van der Waals surface area contributed by atoms with Crippen LogP contribution >= 0.6 is 23.2 Å². The summed E-state index contributed by atoms with van der Waals surface area (Å²) in [7, 11) is 0. The number of hydrogen-bond acceptors (Lipinski definition) is 5. The molecule has 2 amide bonds. The van der Waals surface area contributed by atoms with Crippen molar-refractivity contribution >= 4 is 40.8 Å². The average Bonchev–Trinajstić information content (AvgIpc) is 3.43. The first-order chi connectivity index (χ1) is 13.4. The second-order valence-electron chi connectivity index (χ2n) is 7.95. The highest BCUT2D eigenvalue weighted by Crippen LogP contribution is 2.43. The van der Waals surface area contributed by atoms with Gasteiger partial charge in [0.2, 0.25) is 11.8 Å². The zero-order chi connectivity index (χ0) is 19.9. The van der Waals surface area contributed by atoms with Gasteiger partial charge in [0.1, 0.15) is 16.5 Å². The van der Waals surface area contributed by atoms with Crippen molar-refractivity contribution in [2.45, 2.75) is 44.2 Å². The van der Waals surface area contributed by atoms with Gasteiger partial charge < -0.3 is 15.1 Å². The molecule has 9 heteroatoms. The van der Waals surface area contributed by atoms with E-state index in [9.17, 15) is 9.59 Å². The van der Waals surface area contributed by atoms with Crippen LogP contribution in [0.25, 0.3) is 0 Å². The standard InChI is InChI=1S/C19H25Cl2N5O2/c1-12-10-25(6-7-26(12)16-9-14(20)8-15(21)24-16)17(27)4-5-19(13-2-3-13)18(28)22-11-23-19/h8-9,12-13,23H,2-7,10-11H2,1H3,(H,22,28)/t12-,19?/m0/s1. The van der Waals surface area contributed by atoms with E-state index in [2.05, 4.69) is 27.4 Å². The molecule has 0 radical (unpaired) electrons. The first-order valence-corrected chi connectivity index (χ1v) is 10.6. The van der Waals surface area contributed by atoms with Gasteiger partial charge in [0.25, 0.3) is 0 Å². The predicted molar refractivity (Wildman–Crippen MR) is 108 cm³/mol. The second-order valence-corrected chi connectivity index (χ2v) is 8.78. The van der Waals surface area contributed by atoms with Crippen molar-refractivity contribution in [3.63, 3.8) is 0 Å². The SMILES string of the molecule is C[C@H]1CN(C(=O)CCC2(C3CC3)NCNC2=O)CCN1c1cc(Cl)cc(Cl)n1. The van der Waals surface area contributed by atoms with Crippen molar-refractivity contribution in [3.05, 3.63) is 22.3 Å². The minimum Gasteiger partial charge on any atom is -0.350 e. The Morgan fingerprint density at radius 2 is 2.11 bits per heavy atom. The molecule has 1 saturated carbocycles. The maximum atomic E-state index is 12.8. The molecule has 2 atom stereocenters. The van der Waals surface area contributed by atoms with E-state index in [1.165, 1.54) is 0 Å². The van der Waals surface area contributed by atoms with Crippen molar-refractivity contribution in [1.29, 1.82) is 0 Å². The Hall–Kier alpha value is -1.57. The van der Waals surface area contributed by atoms with E-state index < -0.39 is 5.54 Å². The summed E-state index contributed by atoms with van der Waals surface area (Å²) < 4.78 is 0. The molecule has 2 aliphatic heterocycles. The van der Waals surface area contributed by atoms with Crippen molar-refractivity contribution in [1.82, 2.24) is 20.5 Å². The van der Waals surface area contributed by atoms with Gasteiger partial charge in [-0.25, -0.2) is 4.98 Å². The summed E-state index contributed by atoms with van der Waals surface area (Å²) >= 11 is 12.1. The maximum Gasteiger partial charge on any atom is 0.241 e. The first-order valence-electron chi connectivity index (χ1n) is 9.80. The fourth-order valence-electron chi connectivity index (χ4n) is 4.42. The summed E-state index contributed by atoms with van der Waals surface area (Å²) in [5.41, 5.74) is -0.551. The van der Waals surface area contributed by atoms with Crippen molar-refractivity contribution in [2.24, 2.45) is 5.92 Å². The van der Waals surface area contributed by atoms with Gasteiger partial charge in [0.05, 0.1) is 6.67 Å². The fourth-order valence-corrected chi connectivity index (χ4v) is 4.88. The summed E-state index contributed by atoms with van der Waals surface area (Å²) in [4.78, 5) is 33.5. The van der Waals surface area contributed by atoms with E-state index in [0.29, 0.717) is 55.2 Å². The van der Waals surface area contributed by atoms with Gasteiger partial charge in [0, 0.05) is 37.1 Å². The zero-order valence-electron chi connectivity index (χ0n) is 15.9. The van der Waals surface area contributed by atoms with Crippen molar-refractivity contribution < 1.29 is 9.59 Å². The summed E-state index contributed by atoms with van der Waals surface area (Å²) in [5, 5.41) is 7.09. The summed E-state index contributed by atoms with van der Waals surface area (Å²) in [6, 6.07) is 3.51. The molecule has 3 heterocycles. The Bertz CT molecular complexity index is 767. The molecule has 0 spiro atoms. The Morgan fingerprint density at radius 1 is 1.32 bits per heavy atom. The molecule has 152 valence electrons. The third-order valence-electron chi connectivity index (χ3n) is 6.09. The quantitative estimate of drug-likeness (QED) is 0.705. The number of piperazine rings is 1. The molecule has 1 aromatic heterocycles. The molecule has 0 aromatic carbocycles.